The SMILES string of the molecule is CCNC(=NCc1ccc(CN2CCOCC2)cc1)NCC(c1ccco1)N1CCCC1. The summed E-state index contributed by atoms with van der Waals surface area (Å²) in [5.74, 6) is 1.87. The molecule has 174 valence electrons. The van der Waals surface area contributed by atoms with Crippen LogP contribution in [-0.4, -0.2) is 68.2 Å². The average molecular weight is 440 g/mol. The fraction of sp³-hybridized carbons (Fsp3) is 0.560. The number of nitrogens with one attached hydrogen (secondary N) is 2. The first-order valence-electron chi connectivity index (χ1n) is 12.0. The molecule has 0 bridgehead atoms. The van der Waals surface area contributed by atoms with E-state index in [4.69, 9.17) is 14.1 Å². The number of hydrogen-bond donors (Lipinski definition) is 2. The smallest absolute Gasteiger partial charge is 0.191 e. The maximum atomic E-state index is 5.74. The van der Waals surface area contributed by atoms with Crippen LogP contribution in [0.3, 0.4) is 0 Å². The summed E-state index contributed by atoms with van der Waals surface area (Å²) in [4.78, 5) is 9.77. The minimum atomic E-state index is 0.232. The van der Waals surface area contributed by atoms with Gasteiger partial charge in [0.2, 0.25) is 0 Å². The zero-order valence-electron chi connectivity index (χ0n) is 19.3. The molecule has 1 unspecified atom stereocenters. The van der Waals surface area contributed by atoms with Gasteiger partial charge in [0, 0.05) is 32.7 Å². The van der Waals surface area contributed by atoms with E-state index in [2.05, 4.69) is 57.7 Å². The summed E-state index contributed by atoms with van der Waals surface area (Å²) >= 11 is 0. The molecule has 1 aromatic carbocycles. The van der Waals surface area contributed by atoms with E-state index in [9.17, 15) is 0 Å². The third-order valence-corrected chi connectivity index (χ3v) is 6.21. The second-order valence-electron chi connectivity index (χ2n) is 8.56. The van der Waals surface area contributed by atoms with Gasteiger partial charge in [0.25, 0.3) is 0 Å². The van der Waals surface area contributed by atoms with Gasteiger partial charge in [0.05, 0.1) is 32.1 Å². The van der Waals surface area contributed by atoms with Gasteiger partial charge >= 0.3 is 0 Å². The summed E-state index contributed by atoms with van der Waals surface area (Å²) in [6, 6.07) is 13.1. The van der Waals surface area contributed by atoms with E-state index in [0.29, 0.717) is 6.54 Å². The highest BCUT2D eigenvalue weighted by atomic mass is 16.5. The number of furan rings is 1. The summed E-state index contributed by atoms with van der Waals surface area (Å²) in [6.07, 6.45) is 4.28. The Labute approximate surface area is 191 Å². The molecule has 1 atom stereocenters. The molecule has 2 fully saturated rings. The van der Waals surface area contributed by atoms with Crippen molar-refractivity contribution in [1.82, 2.24) is 20.4 Å². The number of rotatable bonds is 9. The number of morpholine rings is 1. The van der Waals surface area contributed by atoms with Crippen molar-refractivity contribution in [3.8, 4) is 0 Å². The third-order valence-electron chi connectivity index (χ3n) is 6.21. The van der Waals surface area contributed by atoms with Crippen LogP contribution in [0.25, 0.3) is 0 Å². The summed E-state index contributed by atoms with van der Waals surface area (Å²) in [5.41, 5.74) is 2.56. The molecular weight excluding hydrogens is 402 g/mol. The largest absolute Gasteiger partial charge is 0.468 e. The quantitative estimate of drug-likeness (QED) is 0.463. The molecule has 32 heavy (non-hydrogen) atoms. The standard InChI is InChI=1S/C25H37N5O2/c1-2-26-25(28-19-23(24-6-5-15-32-24)30-11-3-4-12-30)27-18-21-7-9-22(10-8-21)20-29-13-16-31-17-14-29/h5-10,15,23H,2-4,11-14,16-20H2,1H3,(H2,26,27,28). The van der Waals surface area contributed by atoms with Crippen LogP contribution >= 0.6 is 0 Å². The van der Waals surface area contributed by atoms with E-state index in [1.54, 1.807) is 6.26 Å². The Bertz CT molecular complexity index is 809. The van der Waals surface area contributed by atoms with Crippen LogP contribution in [-0.2, 0) is 17.8 Å². The van der Waals surface area contributed by atoms with Crippen molar-refractivity contribution >= 4 is 5.96 Å². The van der Waals surface area contributed by atoms with Crippen molar-refractivity contribution in [3.63, 3.8) is 0 Å². The highest BCUT2D eigenvalue weighted by Crippen LogP contribution is 2.24. The number of likely N-dealkylation sites (tertiary alicyclic amines) is 1. The van der Waals surface area contributed by atoms with Gasteiger partial charge in [-0.05, 0) is 56.1 Å². The van der Waals surface area contributed by atoms with Crippen molar-refractivity contribution in [2.24, 2.45) is 4.99 Å². The second-order valence-corrected chi connectivity index (χ2v) is 8.56. The lowest BCUT2D eigenvalue weighted by Gasteiger charge is -2.26. The first-order valence-corrected chi connectivity index (χ1v) is 12.0. The van der Waals surface area contributed by atoms with Crippen molar-refractivity contribution in [2.75, 3.05) is 52.5 Å². The normalized spacial score (nSPS) is 19.2. The van der Waals surface area contributed by atoms with E-state index in [-0.39, 0.29) is 6.04 Å². The number of nitrogens with zero attached hydrogens (tertiary/aromatic N) is 3. The molecule has 2 aliphatic heterocycles. The Hall–Kier alpha value is -2.35. The first kappa shape index (κ1) is 22.8. The van der Waals surface area contributed by atoms with Gasteiger partial charge in [-0.3, -0.25) is 9.80 Å². The molecule has 7 heteroatoms. The molecule has 0 aliphatic carbocycles. The molecule has 0 spiro atoms. The third kappa shape index (κ3) is 6.58. The Morgan fingerprint density at radius 3 is 2.44 bits per heavy atom. The highest BCUT2D eigenvalue weighted by Gasteiger charge is 2.25. The summed E-state index contributed by atoms with van der Waals surface area (Å²) in [6.45, 7) is 11.3. The van der Waals surface area contributed by atoms with E-state index in [0.717, 1.165) is 70.7 Å². The Morgan fingerprint density at radius 2 is 1.75 bits per heavy atom. The van der Waals surface area contributed by atoms with Crippen LogP contribution < -0.4 is 10.6 Å². The molecular formula is C25H37N5O2. The van der Waals surface area contributed by atoms with Crippen LogP contribution in [0, 0.1) is 0 Å². The van der Waals surface area contributed by atoms with Gasteiger partial charge in [-0.2, -0.15) is 0 Å². The van der Waals surface area contributed by atoms with Gasteiger partial charge in [-0.15, -0.1) is 0 Å². The molecule has 2 aromatic rings. The van der Waals surface area contributed by atoms with Gasteiger partial charge in [-0.1, -0.05) is 24.3 Å². The van der Waals surface area contributed by atoms with E-state index in [1.165, 1.54) is 24.0 Å². The van der Waals surface area contributed by atoms with E-state index < -0.39 is 0 Å². The zero-order valence-corrected chi connectivity index (χ0v) is 19.3. The van der Waals surface area contributed by atoms with Crippen molar-refractivity contribution in [1.29, 1.82) is 0 Å². The molecule has 3 heterocycles. The van der Waals surface area contributed by atoms with Crippen LogP contribution in [0.5, 0.6) is 0 Å². The van der Waals surface area contributed by atoms with Crippen LogP contribution in [0.15, 0.2) is 52.1 Å². The predicted molar refractivity (Wildman–Crippen MR) is 128 cm³/mol. The zero-order chi connectivity index (χ0) is 22.0. The maximum absolute atomic E-state index is 5.74. The van der Waals surface area contributed by atoms with Crippen molar-refractivity contribution < 1.29 is 9.15 Å². The van der Waals surface area contributed by atoms with Crippen LogP contribution in [0.1, 0.15) is 42.7 Å². The van der Waals surface area contributed by atoms with Gasteiger partial charge in [0.1, 0.15) is 5.76 Å². The lowest BCUT2D eigenvalue weighted by molar-refractivity contribution is 0.0342. The molecule has 2 aliphatic rings. The van der Waals surface area contributed by atoms with Crippen LogP contribution in [0.2, 0.25) is 0 Å². The fourth-order valence-electron chi connectivity index (χ4n) is 4.42. The monoisotopic (exact) mass is 439 g/mol. The Balaban J connectivity index is 1.32. The fourth-order valence-corrected chi connectivity index (χ4v) is 4.42. The Kier molecular flexibility index (Phi) is 8.59. The topological polar surface area (TPSA) is 65.3 Å². The first-order chi connectivity index (χ1) is 15.8. The molecule has 1 aromatic heterocycles. The van der Waals surface area contributed by atoms with Crippen molar-refractivity contribution in [2.45, 2.75) is 38.9 Å². The van der Waals surface area contributed by atoms with Crippen molar-refractivity contribution in [3.05, 3.63) is 59.5 Å². The minimum Gasteiger partial charge on any atom is -0.468 e. The predicted octanol–water partition coefficient (Wildman–Crippen LogP) is 3.00. The number of hydrogen-bond acceptors (Lipinski definition) is 5. The molecule has 7 nitrogen and oxygen atoms in total. The van der Waals surface area contributed by atoms with Crippen LogP contribution in [0.4, 0.5) is 0 Å². The maximum Gasteiger partial charge on any atom is 0.191 e. The average Bonchev–Trinajstić information content (AvgIpc) is 3.54. The molecule has 0 saturated carbocycles. The molecule has 2 N–H and O–H groups in total. The van der Waals surface area contributed by atoms with Gasteiger partial charge in [0.15, 0.2) is 5.96 Å². The lowest BCUT2D eigenvalue weighted by atomic mass is 10.1. The van der Waals surface area contributed by atoms with E-state index in [1.807, 2.05) is 6.07 Å². The lowest BCUT2D eigenvalue weighted by Crippen LogP contribution is -2.42. The Morgan fingerprint density at radius 1 is 1.00 bits per heavy atom. The van der Waals surface area contributed by atoms with Gasteiger partial charge < -0.3 is 19.8 Å². The molecule has 4 rings (SSSR count). The summed E-state index contributed by atoms with van der Waals surface area (Å²) < 4.78 is 11.2. The van der Waals surface area contributed by atoms with E-state index >= 15 is 0 Å². The second kappa shape index (κ2) is 12.0. The highest BCUT2D eigenvalue weighted by molar-refractivity contribution is 5.79. The molecule has 0 amide bonds. The minimum absolute atomic E-state index is 0.232. The molecule has 2 saturated heterocycles. The number of aliphatic imine (C=N–C) groups is 1. The number of ether oxygens (including phenoxy) is 1. The number of benzene rings is 1. The van der Waals surface area contributed by atoms with Gasteiger partial charge in [-0.25, -0.2) is 4.99 Å². The number of guanidine groups is 1. The summed E-state index contributed by atoms with van der Waals surface area (Å²) in [5, 5.41) is 6.92. The summed E-state index contributed by atoms with van der Waals surface area (Å²) in [7, 11) is 0. The molecule has 0 radical (unpaired) electrons.